The van der Waals surface area contributed by atoms with Gasteiger partial charge in [-0.2, -0.15) is 0 Å². The molecule has 2 atom stereocenters. The fourth-order valence-corrected chi connectivity index (χ4v) is 3.75. The summed E-state index contributed by atoms with van der Waals surface area (Å²) in [6, 6.07) is -0.0595. The molecule has 1 aliphatic carbocycles. The van der Waals surface area contributed by atoms with Crippen LogP contribution in [0.15, 0.2) is 17.6 Å². The molecule has 0 aromatic carbocycles. The number of rotatable bonds is 4. The number of halogens is 1. The zero-order chi connectivity index (χ0) is 13.2. The van der Waals surface area contributed by atoms with Gasteiger partial charge in [-0.15, -0.1) is 12.4 Å². The van der Waals surface area contributed by atoms with Crippen molar-refractivity contribution < 1.29 is 8.42 Å². The average molecular weight is 309 g/mol. The molecule has 0 bridgehead atoms. The second kappa shape index (κ2) is 6.69. The molecule has 1 aliphatic rings. The van der Waals surface area contributed by atoms with Gasteiger partial charge >= 0.3 is 0 Å². The highest BCUT2D eigenvalue weighted by molar-refractivity contribution is 7.89. The Morgan fingerprint density at radius 1 is 1.47 bits per heavy atom. The van der Waals surface area contributed by atoms with Crippen LogP contribution in [0.4, 0.5) is 0 Å². The number of aromatic nitrogens is 2. The van der Waals surface area contributed by atoms with Crippen molar-refractivity contribution in [2.75, 3.05) is 6.54 Å². The minimum absolute atomic E-state index is 0. The Morgan fingerprint density at radius 3 is 2.74 bits per heavy atom. The Bertz CT molecular complexity index is 503. The first-order valence-electron chi connectivity index (χ1n) is 6.23. The predicted octanol–water partition coefficient (Wildman–Crippen LogP) is 0.638. The summed E-state index contributed by atoms with van der Waals surface area (Å²) in [6.07, 6.45) is 7.01. The molecule has 8 heteroatoms. The van der Waals surface area contributed by atoms with Gasteiger partial charge in [-0.1, -0.05) is 12.8 Å². The molecule has 2 unspecified atom stereocenters. The maximum Gasteiger partial charge on any atom is 0.259 e. The van der Waals surface area contributed by atoms with Gasteiger partial charge in [0.1, 0.15) is 0 Å². The van der Waals surface area contributed by atoms with Gasteiger partial charge in [0, 0.05) is 19.3 Å². The molecule has 6 nitrogen and oxygen atoms in total. The lowest BCUT2D eigenvalue weighted by Gasteiger charge is -2.30. The highest BCUT2D eigenvalue weighted by Crippen LogP contribution is 2.24. The number of sulfonamides is 1. The number of hydrogen-bond acceptors (Lipinski definition) is 4. The lowest BCUT2D eigenvalue weighted by Crippen LogP contribution is -2.44. The second-order valence-electron chi connectivity index (χ2n) is 4.89. The SMILES string of the molecule is Cl.Cn1cnc(S(=O)(=O)NC2CCCCC2CN)c1. The molecule has 0 radical (unpaired) electrons. The molecule has 1 heterocycles. The summed E-state index contributed by atoms with van der Waals surface area (Å²) in [7, 11) is -1.77. The molecule has 1 saturated carbocycles. The fourth-order valence-electron chi connectivity index (χ4n) is 2.43. The maximum atomic E-state index is 12.1. The fraction of sp³-hybridized carbons (Fsp3) is 0.727. The summed E-state index contributed by atoms with van der Waals surface area (Å²) >= 11 is 0. The van der Waals surface area contributed by atoms with Gasteiger partial charge in [-0.05, 0) is 25.3 Å². The summed E-state index contributed by atoms with van der Waals surface area (Å²) < 4.78 is 28.7. The van der Waals surface area contributed by atoms with Crippen molar-refractivity contribution >= 4 is 22.4 Å². The normalized spacial score (nSPS) is 23.9. The van der Waals surface area contributed by atoms with E-state index in [0.29, 0.717) is 6.54 Å². The summed E-state index contributed by atoms with van der Waals surface area (Å²) in [6.45, 7) is 0.523. The van der Waals surface area contributed by atoms with Crippen LogP contribution in [0.5, 0.6) is 0 Å². The van der Waals surface area contributed by atoms with Crippen molar-refractivity contribution in [3.05, 3.63) is 12.5 Å². The van der Waals surface area contributed by atoms with Crippen LogP contribution in [0.3, 0.4) is 0 Å². The molecule has 0 aliphatic heterocycles. The van der Waals surface area contributed by atoms with E-state index in [1.807, 2.05) is 0 Å². The highest BCUT2D eigenvalue weighted by atomic mass is 35.5. The number of nitrogens with two attached hydrogens (primary N) is 1. The number of nitrogens with one attached hydrogen (secondary N) is 1. The molecule has 3 N–H and O–H groups in total. The largest absolute Gasteiger partial charge is 0.339 e. The molecule has 1 aromatic heterocycles. The molecule has 1 fully saturated rings. The van der Waals surface area contributed by atoms with Gasteiger partial charge in [0.05, 0.1) is 6.33 Å². The smallest absolute Gasteiger partial charge is 0.259 e. The van der Waals surface area contributed by atoms with Gasteiger partial charge in [-0.3, -0.25) is 0 Å². The van der Waals surface area contributed by atoms with Crippen molar-refractivity contribution in [2.45, 2.75) is 36.8 Å². The quantitative estimate of drug-likeness (QED) is 0.854. The minimum atomic E-state index is -3.52. The van der Waals surface area contributed by atoms with E-state index in [9.17, 15) is 8.42 Å². The Kier molecular flexibility index (Phi) is 5.79. The average Bonchev–Trinajstić information content (AvgIpc) is 2.77. The Morgan fingerprint density at radius 2 is 2.16 bits per heavy atom. The van der Waals surface area contributed by atoms with Crippen LogP contribution in [0.25, 0.3) is 0 Å². The molecule has 110 valence electrons. The van der Waals surface area contributed by atoms with Crippen LogP contribution in [0.2, 0.25) is 0 Å². The first kappa shape index (κ1) is 16.4. The third kappa shape index (κ3) is 3.92. The van der Waals surface area contributed by atoms with Crippen LogP contribution < -0.4 is 10.5 Å². The lowest BCUT2D eigenvalue weighted by atomic mass is 9.85. The van der Waals surface area contributed by atoms with Gasteiger partial charge < -0.3 is 10.3 Å². The lowest BCUT2D eigenvalue weighted by molar-refractivity contribution is 0.296. The number of imidazole rings is 1. The third-order valence-corrected chi connectivity index (χ3v) is 4.85. The second-order valence-corrected chi connectivity index (χ2v) is 6.55. The predicted molar refractivity (Wildman–Crippen MR) is 75.6 cm³/mol. The third-order valence-electron chi connectivity index (χ3n) is 3.47. The molecule has 19 heavy (non-hydrogen) atoms. The van der Waals surface area contributed by atoms with Crippen LogP contribution >= 0.6 is 12.4 Å². The maximum absolute atomic E-state index is 12.1. The summed E-state index contributed by atoms with van der Waals surface area (Å²) in [5.74, 6) is 0.234. The topological polar surface area (TPSA) is 90.0 Å². The molecule has 2 rings (SSSR count). The van der Waals surface area contributed by atoms with Gasteiger partial charge in [0.25, 0.3) is 10.0 Å². The zero-order valence-electron chi connectivity index (χ0n) is 10.9. The standard InChI is InChI=1S/C11H20N4O2S.ClH/c1-15-7-11(13-8-15)18(16,17)14-10-5-3-2-4-9(10)6-12;/h7-10,14H,2-6,12H2,1H3;1H. The minimum Gasteiger partial charge on any atom is -0.339 e. The van der Waals surface area contributed by atoms with Gasteiger partial charge in [-0.25, -0.2) is 18.1 Å². The van der Waals surface area contributed by atoms with Crippen molar-refractivity contribution in [1.29, 1.82) is 0 Å². The molecule has 0 spiro atoms. The van der Waals surface area contributed by atoms with Crippen LogP contribution in [-0.2, 0) is 17.1 Å². The van der Waals surface area contributed by atoms with Crippen molar-refractivity contribution in [2.24, 2.45) is 18.7 Å². The highest BCUT2D eigenvalue weighted by Gasteiger charge is 2.29. The number of nitrogens with zero attached hydrogens (tertiary/aromatic N) is 2. The van der Waals surface area contributed by atoms with Gasteiger partial charge in [0.2, 0.25) is 0 Å². The van der Waals surface area contributed by atoms with Crippen molar-refractivity contribution in [3.63, 3.8) is 0 Å². The van der Waals surface area contributed by atoms with E-state index in [2.05, 4.69) is 9.71 Å². The van der Waals surface area contributed by atoms with E-state index in [-0.39, 0.29) is 29.4 Å². The van der Waals surface area contributed by atoms with Crippen molar-refractivity contribution in [3.8, 4) is 0 Å². The van der Waals surface area contributed by atoms with Crippen LogP contribution in [-0.4, -0.2) is 30.6 Å². The molecule has 0 amide bonds. The molecule has 0 saturated heterocycles. The Hall–Kier alpha value is -0.630. The molecular formula is C11H21ClN4O2S. The van der Waals surface area contributed by atoms with E-state index >= 15 is 0 Å². The van der Waals surface area contributed by atoms with E-state index in [0.717, 1.165) is 25.7 Å². The summed E-state index contributed by atoms with van der Waals surface area (Å²) in [4.78, 5) is 3.89. The Labute approximate surface area is 120 Å². The summed E-state index contributed by atoms with van der Waals surface area (Å²) in [5, 5.41) is 0.0753. The number of hydrogen-bond donors (Lipinski definition) is 2. The first-order chi connectivity index (χ1) is 8.53. The van der Waals surface area contributed by atoms with Gasteiger partial charge in [0.15, 0.2) is 5.03 Å². The monoisotopic (exact) mass is 308 g/mol. The van der Waals surface area contributed by atoms with Crippen LogP contribution in [0.1, 0.15) is 25.7 Å². The van der Waals surface area contributed by atoms with Crippen LogP contribution in [0, 0.1) is 5.92 Å². The molecule has 1 aromatic rings. The van der Waals surface area contributed by atoms with E-state index < -0.39 is 10.0 Å². The number of aryl methyl sites for hydroxylation is 1. The van der Waals surface area contributed by atoms with E-state index in [1.54, 1.807) is 11.6 Å². The van der Waals surface area contributed by atoms with E-state index in [1.165, 1.54) is 12.5 Å². The Balaban J connectivity index is 0.00000180. The van der Waals surface area contributed by atoms with E-state index in [4.69, 9.17) is 5.73 Å². The first-order valence-corrected chi connectivity index (χ1v) is 7.71. The van der Waals surface area contributed by atoms with Crippen molar-refractivity contribution in [1.82, 2.24) is 14.3 Å². The summed E-state index contributed by atoms with van der Waals surface area (Å²) in [5.41, 5.74) is 5.70. The molecular weight excluding hydrogens is 288 g/mol. The zero-order valence-corrected chi connectivity index (χ0v) is 12.6.